The van der Waals surface area contributed by atoms with E-state index in [-0.39, 0.29) is 17.6 Å². The van der Waals surface area contributed by atoms with Gasteiger partial charge < -0.3 is 19.3 Å². The molecule has 5 rings (SSSR count). The van der Waals surface area contributed by atoms with Crippen molar-refractivity contribution in [3.8, 4) is 11.5 Å². The maximum Gasteiger partial charge on any atom is 0.233 e. The average Bonchev–Trinajstić information content (AvgIpc) is 3.42. The molecule has 3 heterocycles. The molecule has 6 nitrogen and oxygen atoms in total. The first-order valence-corrected chi connectivity index (χ1v) is 10.7. The van der Waals surface area contributed by atoms with E-state index in [0.717, 1.165) is 39.4 Å². The molecule has 154 valence electrons. The molecule has 0 radical (unpaired) electrons. The SMILES string of the molecule is COc1ccc([C@@H]2CC(=O)C3=C(C2)Nc2onc(C)c2[C@H]3c2cccs2)cc1OC. The fourth-order valence-corrected chi connectivity index (χ4v) is 5.40. The van der Waals surface area contributed by atoms with Crippen LogP contribution < -0.4 is 14.8 Å². The normalized spacial score (nSPS) is 20.4. The Morgan fingerprint density at radius 2 is 2.00 bits per heavy atom. The zero-order chi connectivity index (χ0) is 20.8. The molecule has 0 spiro atoms. The van der Waals surface area contributed by atoms with E-state index in [1.54, 1.807) is 25.6 Å². The second kappa shape index (κ2) is 7.32. The highest BCUT2D eigenvalue weighted by molar-refractivity contribution is 7.10. The minimum Gasteiger partial charge on any atom is -0.493 e. The number of rotatable bonds is 4. The van der Waals surface area contributed by atoms with E-state index in [0.29, 0.717) is 23.8 Å². The van der Waals surface area contributed by atoms with Crippen LogP contribution in [-0.2, 0) is 4.79 Å². The van der Waals surface area contributed by atoms with Gasteiger partial charge in [-0.25, -0.2) is 0 Å². The lowest BCUT2D eigenvalue weighted by atomic mass is 9.74. The minimum atomic E-state index is -0.124. The summed E-state index contributed by atoms with van der Waals surface area (Å²) in [6.45, 7) is 1.93. The van der Waals surface area contributed by atoms with Crippen molar-refractivity contribution in [2.24, 2.45) is 0 Å². The van der Waals surface area contributed by atoms with E-state index >= 15 is 0 Å². The number of hydrogen-bond donors (Lipinski definition) is 1. The third-order valence-corrected chi connectivity index (χ3v) is 6.90. The van der Waals surface area contributed by atoms with Gasteiger partial charge >= 0.3 is 0 Å². The molecule has 2 aromatic heterocycles. The van der Waals surface area contributed by atoms with Gasteiger partial charge in [0.25, 0.3) is 0 Å². The molecular weight excluding hydrogens is 400 g/mol. The monoisotopic (exact) mass is 422 g/mol. The van der Waals surface area contributed by atoms with E-state index in [4.69, 9.17) is 14.0 Å². The van der Waals surface area contributed by atoms with Gasteiger partial charge in [-0.2, -0.15) is 0 Å². The lowest BCUT2D eigenvalue weighted by Crippen LogP contribution is -2.29. The van der Waals surface area contributed by atoms with Crippen LogP contribution in [0.15, 0.2) is 51.5 Å². The van der Waals surface area contributed by atoms with Gasteiger partial charge in [0.2, 0.25) is 5.88 Å². The van der Waals surface area contributed by atoms with Crippen molar-refractivity contribution < 1.29 is 18.8 Å². The number of allylic oxidation sites excluding steroid dienone is 2. The van der Waals surface area contributed by atoms with Crippen molar-refractivity contribution in [3.63, 3.8) is 0 Å². The lowest BCUT2D eigenvalue weighted by molar-refractivity contribution is -0.116. The minimum absolute atomic E-state index is 0.0538. The Hall–Kier alpha value is -3.06. The Bertz CT molecular complexity index is 1150. The van der Waals surface area contributed by atoms with Crippen LogP contribution in [0, 0.1) is 6.92 Å². The first-order chi connectivity index (χ1) is 14.6. The Balaban J connectivity index is 1.56. The van der Waals surface area contributed by atoms with Gasteiger partial charge in [-0.15, -0.1) is 11.3 Å². The third kappa shape index (κ3) is 2.92. The molecule has 0 fully saturated rings. The van der Waals surface area contributed by atoms with Gasteiger partial charge in [-0.1, -0.05) is 17.3 Å². The highest BCUT2D eigenvalue weighted by Crippen LogP contribution is 2.50. The Labute approximate surface area is 178 Å². The van der Waals surface area contributed by atoms with Crippen molar-refractivity contribution in [3.05, 3.63) is 68.7 Å². The van der Waals surface area contributed by atoms with Crippen LogP contribution in [0.4, 0.5) is 5.88 Å². The van der Waals surface area contributed by atoms with Crippen molar-refractivity contribution in [1.82, 2.24) is 5.16 Å². The predicted octanol–water partition coefficient (Wildman–Crippen LogP) is 5.02. The summed E-state index contributed by atoms with van der Waals surface area (Å²) in [5.41, 5.74) is 4.61. The Morgan fingerprint density at radius 1 is 1.17 bits per heavy atom. The van der Waals surface area contributed by atoms with E-state index in [1.165, 1.54) is 0 Å². The molecule has 0 unspecified atom stereocenters. The topological polar surface area (TPSA) is 73.6 Å². The second-order valence-electron chi connectivity index (χ2n) is 7.62. The van der Waals surface area contributed by atoms with Crippen LogP contribution >= 0.6 is 11.3 Å². The van der Waals surface area contributed by atoms with Crippen molar-refractivity contribution >= 4 is 23.0 Å². The lowest BCUT2D eigenvalue weighted by Gasteiger charge is -2.34. The predicted molar refractivity (Wildman–Crippen MR) is 115 cm³/mol. The highest BCUT2D eigenvalue weighted by Gasteiger charge is 2.41. The molecule has 0 saturated heterocycles. The van der Waals surface area contributed by atoms with Gasteiger partial charge in [0.05, 0.1) is 31.4 Å². The number of carbonyl (C=O) groups is 1. The smallest absolute Gasteiger partial charge is 0.233 e. The fourth-order valence-electron chi connectivity index (χ4n) is 4.55. The van der Waals surface area contributed by atoms with E-state index < -0.39 is 0 Å². The highest BCUT2D eigenvalue weighted by atomic mass is 32.1. The molecule has 30 heavy (non-hydrogen) atoms. The van der Waals surface area contributed by atoms with Crippen molar-refractivity contribution in [2.45, 2.75) is 31.6 Å². The first-order valence-electron chi connectivity index (χ1n) is 9.85. The molecular formula is C23H22N2O4S. The molecule has 1 aliphatic heterocycles. The number of aromatic nitrogens is 1. The maximum atomic E-state index is 13.4. The molecule has 1 aliphatic carbocycles. The summed E-state index contributed by atoms with van der Waals surface area (Å²) < 4.78 is 16.4. The summed E-state index contributed by atoms with van der Waals surface area (Å²) >= 11 is 1.66. The van der Waals surface area contributed by atoms with Crippen LogP contribution in [0.2, 0.25) is 0 Å². The number of nitrogens with one attached hydrogen (secondary N) is 1. The largest absolute Gasteiger partial charge is 0.493 e. The summed E-state index contributed by atoms with van der Waals surface area (Å²) in [6.07, 6.45) is 1.18. The zero-order valence-electron chi connectivity index (χ0n) is 17.0. The number of fused-ring (bicyclic) bond motifs is 1. The number of hydrogen-bond acceptors (Lipinski definition) is 7. The van der Waals surface area contributed by atoms with Crippen LogP contribution in [0.1, 0.15) is 46.4 Å². The number of thiophene rings is 1. The second-order valence-corrected chi connectivity index (χ2v) is 8.60. The zero-order valence-corrected chi connectivity index (χ0v) is 17.8. The molecule has 0 bridgehead atoms. The van der Waals surface area contributed by atoms with Gasteiger partial charge in [-0.3, -0.25) is 4.79 Å². The number of ether oxygens (including phenoxy) is 2. The molecule has 0 amide bonds. The molecule has 1 N–H and O–H groups in total. The quantitative estimate of drug-likeness (QED) is 0.636. The number of Topliss-reactive ketones (excluding diaryl/α,β-unsaturated/α-hetero) is 1. The third-order valence-electron chi connectivity index (χ3n) is 5.96. The van der Waals surface area contributed by atoms with Gasteiger partial charge in [0.1, 0.15) is 0 Å². The maximum absolute atomic E-state index is 13.4. The van der Waals surface area contributed by atoms with Crippen LogP contribution in [0.3, 0.4) is 0 Å². The number of nitrogens with zero attached hydrogens (tertiary/aromatic N) is 1. The van der Waals surface area contributed by atoms with Crippen molar-refractivity contribution in [2.75, 3.05) is 19.5 Å². The molecule has 2 atom stereocenters. The van der Waals surface area contributed by atoms with Gasteiger partial charge in [0, 0.05) is 22.6 Å². The molecule has 1 aromatic carbocycles. The summed E-state index contributed by atoms with van der Waals surface area (Å²) in [6, 6.07) is 9.96. The number of anilines is 1. The van der Waals surface area contributed by atoms with Crippen molar-refractivity contribution in [1.29, 1.82) is 0 Å². The summed E-state index contributed by atoms with van der Waals surface area (Å²) in [5, 5.41) is 9.57. The number of methoxy groups -OCH3 is 2. The Kier molecular flexibility index (Phi) is 4.62. The summed E-state index contributed by atoms with van der Waals surface area (Å²) in [4.78, 5) is 14.6. The average molecular weight is 423 g/mol. The molecule has 0 saturated carbocycles. The van der Waals surface area contributed by atoms with E-state index in [9.17, 15) is 4.79 Å². The van der Waals surface area contributed by atoms with Gasteiger partial charge in [0.15, 0.2) is 17.3 Å². The van der Waals surface area contributed by atoms with E-state index in [2.05, 4.69) is 16.5 Å². The number of benzene rings is 1. The van der Waals surface area contributed by atoms with Gasteiger partial charge in [-0.05, 0) is 48.4 Å². The first kappa shape index (κ1) is 18.9. The molecule has 2 aliphatic rings. The summed E-state index contributed by atoms with van der Waals surface area (Å²) in [5.74, 6) is 2.08. The fraction of sp³-hybridized carbons (Fsp3) is 0.304. The number of ketones is 1. The number of carbonyl (C=O) groups excluding carboxylic acids is 1. The molecule has 7 heteroatoms. The van der Waals surface area contributed by atoms with Crippen LogP contribution in [0.25, 0.3) is 0 Å². The van der Waals surface area contributed by atoms with Crippen LogP contribution in [-0.4, -0.2) is 25.2 Å². The number of aryl methyl sites for hydroxylation is 1. The standard InChI is InChI=1S/C23H22N2O4S/c1-12-20-22(19-5-4-8-30-19)21-15(24-23(20)29-25-12)9-14(10-16(21)26)13-6-7-17(27-2)18(11-13)28-3/h4-8,11,14,22,24H,9-10H2,1-3H3/t14-,22+/m0/s1. The summed E-state index contributed by atoms with van der Waals surface area (Å²) in [7, 11) is 3.24. The Morgan fingerprint density at radius 3 is 2.73 bits per heavy atom. The van der Waals surface area contributed by atoms with Crippen LogP contribution in [0.5, 0.6) is 11.5 Å². The van der Waals surface area contributed by atoms with E-state index in [1.807, 2.05) is 36.6 Å². The molecule has 3 aromatic rings.